The van der Waals surface area contributed by atoms with Gasteiger partial charge in [-0.1, -0.05) is 32.0 Å². The SMILES string of the molecule is CCNC(O)(c1ccc(F)c(Oc2ccccc2)c1F)C(C)c1ccncc1. The van der Waals surface area contributed by atoms with Gasteiger partial charge in [-0.3, -0.25) is 10.3 Å². The molecule has 2 aromatic carbocycles. The van der Waals surface area contributed by atoms with Crippen LogP contribution in [0.25, 0.3) is 0 Å². The number of pyridine rings is 1. The van der Waals surface area contributed by atoms with Crippen molar-refractivity contribution in [1.82, 2.24) is 10.3 Å². The molecule has 2 N–H and O–H groups in total. The number of hydrogen-bond donors (Lipinski definition) is 2. The normalized spacial score (nSPS) is 14.3. The van der Waals surface area contributed by atoms with Crippen molar-refractivity contribution in [2.75, 3.05) is 6.54 Å². The standard InChI is InChI=1S/C22H22F2N2O2/c1-3-26-22(27,15(2)16-11-13-25-14-12-16)18-9-10-19(23)21(20(18)24)28-17-7-5-4-6-8-17/h4-15,26-27H,3H2,1-2H3. The molecule has 1 aromatic heterocycles. The van der Waals surface area contributed by atoms with Crippen molar-refractivity contribution in [3.63, 3.8) is 0 Å². The maximum absolute atomic E-state index is 15.3. The number of nitrogens with one attached hydrogen (secondary N) is 1. The molecule has 3 rings (SSSR count). The second kappa shape index (κ2) is 8.46. The van der Waals surface area contributed by atoms with E-state index in [1.165, 1.54) is 6.07 Å². The van der Waals surface area contributed by atoms with Gasteiger partial charge in [-0.2, -0.15) is 0 Å². The lowest BCUT2D eigenvalue weighted by molar-refractivity contribution is -0.0242. The molecule has 2 atom stereocenters. The van der Waals surface area contributed by atoms with Crippen LogP contribution in [-0.2, 0) is 5.72 Å². The van der Waals surface area contributed by atoms with Crippen LogP contribution in [0.4, 0.5) is 8.78 Å². The Bertz CT molecular complexity index is 923. The van der Waals surface area contributed by atoms with E-state index in [1.807, 2.05) is 0 Å². The van der Waals surface area contributed by atoms with Crippen LogP contribution in [0.3, 0.4) is 0 Å². The number of hydrogen-bond acceptors (Lipinski definition) is 4. The van der Waals surface area contributed by atoms with Crippen LogP contribution in [0.2, 0.25) is 0 Å². The van der Waals surface area contributed by atoms with Crippen LogP contribution >= 0.6 is 0 Å². The van der Waals surface area contributed by atoms with E-state index in [0.717, 1.165) is 11.6 Å². The third kappa shape index (κ3) is 3.88. The number of rotatable bonds is 7. The number of aromatic nitrogens is 1. The molecular weight excluding hydrogens is 362 g/mol. The molecule has 3 aromatic rings. The van der Waals surface area contributed by atoms with E-state index < -0.39 is 29.0 Å². The average molecular weight is 384 g/mol. The molecule has 0 aliphatic carbocycles. The Morgan fingerprint density at radius 1 is 1.07 bits per heavy atom. The van der Waals surface area contributed by atoms with Crippen molar-refractivity contribution < 1.29 is 18.6 Å². The Kier molecular flexibility index (Phi) is 6.02. The summed E-state index contributed by atoms with van der Waals surface area (Å²) in [6.45, 7) is 3.93. The van der Waals surface area contributed by atoms with Crippen LogP contribution in [0, 0.1) is 11.6 Å². The predicted octanol–water partition coefficient (Wildman–Crippen LogP) is 4.71. The van der Waals surface area contributed by atoms with Crippen molar-refractivity contribution in [3.05, 3.63) is 89.8 Å². The van der Waals surface area contributed by atoms with Crippen LogP contribution < -0.4 is 10.1 Å². The minimum atomic E-state index is -1.78. The number of ether oxygens (including phenoxy) is 1. The van der Waals surface area contributed by atoms with Crippen molar-refractivity contribution in [2.24, 2.45) is 0 Å². The summed E-state index contributed by atoms with van der Waals surface area (Å²) < 4.78 is 35.1. The molecule has 0 fully saturated rings. The maximum atomic E-state index is 15.3. The van der Waals surface area contributed by atoms with Gasteiger partial charge in [0.1, 0.15) is 5.75 Å². The van der Waals surface area contributed by atoms with Crippen molar-refractivity contribution in [1.29, 1.82) is 0 Å². The Morgan fingerprint density at radius 2 is 1.75 bits per heavy atom. The van der Waals surface area contributed by atoms with Gasteiger partial charge in [0.2, 0.25) is 0 Å². The molecule has 0 saturated carbocycles. The molecule has 2 unspecified atom stereocenters. The molecule has 1 heterocycles. The van der Waals surface area contributed by atoms with Crippen LogP contribution in [0.1, 0.15) is 30.9 Å². The van der Waals surface area contributed by atoms with Crippen LogP contribution in [0.5, 0.6) is 11.5 Å². The second-order valence-electron chi connectivity index (χ2n) is 6.45. The average Bonchev–Trinajstić information content (AvgIpc) is 2.72. The van der Waals surface area contributed by atoms with E-state index in [-0.39, 0.29) is 5.56 Å². The third-order valence-electron chi connectivity index (χ3n) is 4.70. The summed E-state index contributed by atoms with van der Waals surface area (Å²) in [5, 5.41) is 14.4. The van der Waals surface area contributed by atoms with Crippen LogP contribution in [-0.4, -0.2) is 16.6 Å². The first-order valence-electron chi connectivity index (χ1n) is 9.06. The summed E-state index contributed by atoms with van der Waals surface area (Å²) >= 11 is 0. The number of benzene rings is 2. The third-order valence-corrected chi connectivity index (χ3v) is 4.70. The number of nitrogens with zero attached hydrogens (tertiary/aromatic N) is 1. The highest BCUT2D eigenvalue weighted by molar-refractivity contribution is 5.41. The van der Waals surface area contributed by atoms with Crippen molar-refractivity contribution in [2.45, 2.75) is 25.5 Å². The van der Waals surface area contributed by atoms with Gasteiger partial charge >= 0.3 is 0 Å². The first-order valence-corrected chi connectivity index (χ1v) is 9.06. The highest BCUT2D eigenvalue weighted by Crippen LogP contribution is 2.39. The zero-order chi connectivity index (χ0) is 20.1. The summed E-state index contributed by atoms with van der Waals surface area (Å²) in [4.78, 5) is 3.97. The summed E-state index contributed by atoms with van der Waals surface area (Å²) in [7, 11) is 0. The lowest BCUT2D eigenvalue weighted by Crippen LogP contribution is -2.47. The Balaban J connectivity index is 2.07. The Labute approximate surface area is 162 Å². The minimum Gasteiger partial charge on any atom is -0.451 e. The van der Waals surface area contributed by atoms with Gasteiger partial charge in [0, 0.05) is 23.9 Å². The number of aliphatic hydroxyl groups is 1. The zero-order valence-electron chi connectivity index (χ0n) is 15.7. The molecule has 28 heavy (non-hydrogen) atoms. The molecule has 4 nitrogen and oxygen atoms in total. The Hall–Kier alpha value is -2.83. The second-order valence-corrected chi connectivity index (χ2v) is 6.45. The minimum absolute atomic E-state index is 0.0917. The van der Waals surface area contributed by atoms with E-state index in [2.05, 4.69) is 10.3 Å². The lowest BCUT2D eigenvalue weighted by Gasteiger charge is -2.36. The monoisotopic (exact) mass is 384 g/mol. The number of likely N-dealkylation sites (N-methyl/N-ethyl adjacent to an activating group) is 1. The van der Waals surface area contributed by atoms with E-state index in [0.29, 0.717) is 12.3 Å². The zero-order valence-corrected chi connectivity index (χ0v) is 15.7. The van der Waals surface area contributed by atoms with E-state index in [4.69, 9.17) is 4.74 Å². The molecule has 0 radical (unpaired) electrons. The van der Waals surface area contributed by atoms with Gasteiger partial charge < -0.3 is 9.84 Å². The molecule has 0 bridgehead atoms. The molecule has 6 heteroatoms. The largest absolute Gasteiger partial charge is 0.451 e. The van der Waals surface area contributed by atoms with E-state index in [1.54, 1.807) is 68.7 Å². The van der Waals surface area contributed by atoms with Gasteiger partial charge in [0.15, 0.2) is 23.1 Å². The summed E-state index contributed by atoms with van der Waals surface area (Å²) in [5.74, 6) is -2.60. The summed E-state index contributed by atoms with van der Waals surface area (Å²) in [5.41, 5.74) is -1.11. The molecule has 0 amide bonds. The summed E-state index contributed by atoms with van der Waals surface area (Å²) in [6, 6.07) is 14.2. The van der Waals surface area contributed by atoms with E-state index >= 15 is 4.39 Å². The molecule has 0 aliphatic heterocycles. The van der Waals surface area contributed by atoms with Crippen molar-refractivity contribution in [3.8, 4) is 11.5 Å². The fourth-order valence-electron chi connectivity index (χ4n) is 3.17. The quantitative estimate of drug-likeness (QED) is 0.579. The van der Waals surface area contributed by atoms with Gasteiger partial charge in [-0.15, -0.1) is 0 Å². The molecule has 0 spiro atoms. The van der Waals surface area contributed by atoms with Gasteiger partial charge in [0.05, 0.1) is 0 Å². The first-order chi connectivity index (χ1) is 13.5. The highest BCUT2D eigenvalue weighted by atomic mass is 19.1. The van der Waals surface area contributed by atoms with Gasteiger partial charge in [-0.05, 0) is 48.5 Å². The molecular formula is C22H22F2N2O2. The predicted molar refractivity (Wildman–Crippen MR) is 103 cm³/mol. The Morgan fingerprint density at radius 3 is 2.39 bits per heavy atom. The lowest BCUT2D eigenvalue weighted by atomic mass is 9.84. The topological polar surface area (TPSA) is 54.4 Å². The highest BCUT2D eigenvalue weighted by Gasteiger charge is 2.39. The molecule has 146 valence electrons. The molecule has 0 saturated heterocycles. The number of para-hydroxylation sites is 1. The van der Waals surface area contributed by atoms with Gasteiger partial charge in [-0.25, -0.2) is 8.78 Å². The van der Waals surface area contributed by atoms with Crippen molar-refractivity contribution >= 4 is 0 Å². The summed E-state index contributed by atoms with van der Waals surface area (Å²) in [6.07, 6.45) is 3.20. The van der Waals surface area contributed by atoms with Gasteiger partial charge in [0.25, 0.3) is 0 Å². The first kappa shape index (κ1) is 19.9. The fourth-order valence-corrected chi connectivity index (χ4v) is 3.17. The molecule has 0 aliphatic rings. The number of halogens is 2. The fraction of sp³-hybridized carbons (Fsp3) is 0.227. The smallest absolute Gasteiger partial charge is 0.199 e. The maximum Gasteiger partial charge on any atom is 0.199 e. The van der Waals surface area contributed by atoms with Crippen LogP contribution in [0.15, 0.2) is 67.0 Å². The van der Waals surface area contributed by atoms with E-state index in [9.17, 15) is 9.50 Å².